The molecule has 0 radical (unpaired) electrons. The third-order valence-electron chi connectivity index (χ3n) is 3.82. The number of hydrogen-bond acceptors (Lipinski definition) is 2. The van der Waals surface area contributed by atoms with Gasteiger partial charge in [0.2, 0.25) is 0 Å². The Morgan fingerprint density at radius 2 is 2.00 bits per heavy atom. The SMILES string of the molecule is CCCC[NH2+][C@H](C)c1nc2ccccc2c(=O)n1CCC. The predicted molar refractivity (Wildman–Crippen MR) is 86.4 cm³/mol. The molecule has 0 saturated carbocycles. The van der Waals surface area contributed by atoms with Crippen molar-refractivity contribution >= 4 is 10.9 Å². The maximum atomic E-state index is 12.7. The van der Waals surface area contributed by atoms with Crippen LogP contribution in [0.1, 0.15) is 51.9 Å². The van der Waals surface area contributed by atoms with Crippen LogP contribution in [0.3, 0.4) is 0 Å². The minimum Gasteiger partial charge on any atom is -0.338 e. The Kier molecular flexibility index (Phi) is 5.51. The number of aromatic nitrogens is 2. The molecular formula is C17H26N3O+. The first-order valence-electron chi connectivity index (χ1n) is 8.01. The molecule has 0 bridgehead atoms. The summed E-state index contributed by atoms with van der Waals surface area (Å²) in [6.07, 6.45) is 3.32. The van der Waals surface area contributed by atoms with Gasteiger partial charge in [0.15, 0.2) is 5.82 Å². The molecule has 21 heavy (non-hydrogen) atoms. The van der Waals surface area contributed by atoms with Gasteiger partial charge in [-0.15, -0.1) is 0 Å². The van der Waals surface area contributed by atoms with Crippen molar-refractivity contribution in [1.29, 1.82) is 0 Å². The number of unbranched alkanes of at least 4 members (excludes halogenated alkanes) is 1. The molecule has 1 atom stereocenters. The van der Waals surface area contributed by atoms with E-state index >= 15 is 0 Å². The fourth-order valence-electron chi connectivity index (χ4n) is 2.65. The Labute approximate surface area is 126 Å². The third kappa shape index (κ3) is 3.50. The first-order chi connectivity index (χ1) is 10.2. The summed E-state index contributed by atoms with van der Waals surface area (Å²) in [6.45, 7) is 8.24. The highest BCUT2D eigenvalue weighted by atomic mass is 16.1. The van der Waals surface area contributed by atoms with Crippen LogP contribution >= 0.6 is 0 Å². The number of quaternary nitrogens is 1. The van der Waals surface area contributed by atoms with Crippen LogP contribution in [0, 0.1) is 0 Å². The average Bonchev–Trinajstić information content (AvgIpc) is 2.50. The molecule has 0 fully saturated rings. The van der Waals surface area contributed by atoms with Gasteiger partial charge in [-0.3, -0.25) is 9.36 Å². The lowest BCUT2D eigenvalue weighted by Gasteiger charge is -2.17. The number of nitrogens with zero attached hydrogens (tertiary/aromatic N) is 2. The van der Waals surface area contributed by atoms with Gasteiger partial charge in [-0.1, -0.05) is 32.4 Å². The van der Waals surface area contributed by atoms with Crippen LogP contribution in [0.25, 0.3) is 10.9 Å². The molecule has 1 aromatic heterocycles. The Bertz CT molecular complexity index is 648. The molecule has 0 aliphatic carbocycles. The summed E-state index contributed by atoms with van der Waals surface area (Å²) in [7, 11) is 0. The van der Waals surface area contributed by atoms with Crippen LogP contribution < -0.4 is 10.9 Å². The molecule has 0 saturated heterocycles. The monoisotopic (exact) mass is 288 g/mol. The smallest absolute Gasteiger partial charge is 0.261 e. The fraction of sp³-hybridized carbons (Fsp3) is 0.529. The highest BCUT2D eigenvalue weighted by Gasteiger charge is 2.17. The molecule has 2 aromatic rings. The third-order valence-corrected chi connectivity index (χ3v) is 3.82. The Morgan fingerprint density at radius 3 is 2.71 bits per heavy atom. The summed E-state index contributed by atoms with van der Waals surface area (Å²) in [5.74, 6) is 0.900. The second kappa shape index (κ2) is 7.36. The van der Waals surface area contributed by atoms with E-state index in [1.807, 2.05) is 28.8 Å². The van der Waals surface area contributed by atoms with Crippen LogP contribution in [0.15, 0.2) is 29.1 Å². The second-order valence-electron chi connectivity index (χ2n) is 5.61. The number of hydrogen-bond donors (Lipinski definition) is 1. The molecule has 4 heteroatoms. The molecule has 0 aliphatic heterocycles. The fourth-order valence-corrected chi connectivity index (χ4v) is 2.65. The van der Waals surface area contributed by atoms with Crippen molar-refractivity contribution in [2.45, 2.75) is 52.6 Å². The number of benzene rings is 1. The van der Waals surface area contributed by atoms with E-state index in [2.05, 4.69) is 26.1 Å². The zero-order chi connectivity index (χ0) is 15.2. The largest absolute Gasteiger partial charge is 0.338 e. The maximum Gasteiger partial charge on any atom is 0.261 e. The van der Waals surface area contributed by atoms with Crippen molar-refractivity contribution in [1.82, 2.24) is 9.55 Å². The summed E-state index contributed by atoms with van der Waals surface area (Å²) in [4.78, 5) is 17.4. The van der Waals surface area contributed by atoms with Gasteiger partial charge in [0, 0.05) is 6.54 Å². The first kappa shape index (κ1) is 15.7. The average molecular weight is 288 g/mol. The van der Waals surface area contributed by atoms with Crippen molar-refractivity contribution < 1.29 is 5.32 Å². The lowest BCUT2D eigenvalue weighted by atomic mass is 10.2. The van der Waals surface area contributed by atoms with E-state index in [1.54, 1.807) is 0 Å². The van der Waals surface area contributed by atoms with E-state index in [9.17, 15) is 4.79 Å². The summed E-state index contributed by atoms with van der Waals surface area (Å²) in [5.41, 5.74) is 0.897. The quantitative estimate of drug-likeness (QED) is 0.794. The van der Waals surface area contributed by atoms with Crippen molar-refractivity contribution in [2.24, 2.45) is 0 Å². The van der Waals surface area contributed by atoms with Gasteiger partial charge in [-0.25, -0.2) is 4.98 Å². The molecular weight excluding hydrogens is 262 g/mol. The Hall–Kier alpha value is -1.68. The zero-order valence-corrected chi connectivity index (χ0v) is 13.3. The van der Waals surface area contributed by atoms with Gasteiger partial charge in [-0.2, -0.15) is 0 Å². The molecule has 1 heterocycles. The lowest BCUT2D eigenvalue weighted by molar-refractivity contribution is -0.694. The van der Waals surface area contributed by atoms with E-state index in [1.165, 1.54) is 12.8 Å². The molecule has 4 nitrogen and oxygen atoms in total. The van der Waals surface area contributed by atoms with Crippen molar-refractivity contribution in [3.63, 3.8) is 0 Å². The van der Waals surface area contributed by atoms with Gasteiger partial charge in [0.25, 0.3) is 5.56 Å². The molecule has 0 aliphatic rings. The lowest BCUT2D eigenvalue weighted by Crippen LogP contribution is -2.85. The summed E-state index contributed by atoms with van der Waals surface area (Å²) in [6, 6.07) is 7.84. The van der Waals surface area contributed by atoms with E-state index in [4.69, 9.17) is 4.98 Å². The zero-order valence-electron chi connectivity index (χ0n) is 13.3. The molecule has 2 N–H and O–H groups in total. The van der Waals surface area contributed by atoms with Gasteiger partial charge in [-0.05, 0) is 31.9 Å². The molecule has 1 aromatic carbocycles. The topological polar surface area (TPSA) is 51.5 Å². The highest BCUT2D eigenvalue weighted by Crippen LogP contribution is 2.11. The highest BCUT2D eigenvalue weighted by molar-refractivity contribution is 5.77. The molecule has 0 amide bonds. The van der Waals surface area contributed by atoms with Crippen molar-refractivity contribution in [3.8, 4) is 0 Å². The van der Waals surface area contributed by atoms with Gasteiger partial charge in [0.1, 0.15) is 6.04 Å². The molecule has 114 valence electrons. The van der Waals surface area contributed by atoms with Gasteiger partial charge < -0.3 is 5.32 Å². The number of nitrogens with two attached hydrogens (primary N) is 1. The predicted octanol–water partition coefficient (Wildman–Crippen LogP) is 2.23. The van der Waals surface area contributed by atoms with Crippen molar-refractivity contribution in [3.05, 3.63) is 40.4 Å². The maximum absolute atomic E-state index is 12.7. The minimum absolute atomic E-state index is 0.0909. The van der Waals surface area contributed by atoms with E-state index < -0.39 is 0 Å². The van der Waals surface area contributed by atoms with Crippen LogP contribution in [-0.2, 0) is 6.54 Å². The van der Waals surface area contributed by atoms with Crippen molar-refractivity contribution in [2.75, 3.05) is 6.54 Å². The van der Waals surface area contributed by atoms with Gasteiger partial charge >= 0.3 is 0 Å². The summed E-state index contributed by atoms with van der Waals surface area (Å²) in [5, 5.41) is 3.00. The van der Waals surface area contributed by atoms with Crippen LogP contribution in [0.5, 0.6) is 0 Å². The minimum atomic E-state index is 0.0909. The molecule has 2 rings (SSSR count). The van der Waals surface area contributed by atoms with Crippen LogP contribution in [0.4, 0.5) is 0 Å². The van der Waals surface area contributed by atoms with Crippen LogP contribution in [-0.4, -0.2) is 16.1 Å². The second-order valence-corrected chi connectivity index (χ2v) is 5.61. The van der Waals surface area contributed by atoms with E-state index in [0.29, 0.717) is 0 Å². The Morgan fingerprint density at radius 1 is 1.24 bits per heavy atom. The number of rotatable bonds is 7. The first-order valence-corrected chi connectivity index (χ1v) is 8.01. The van der Waals surface area contributed by atoms with E-state index in [0.717, 1.165) is 36.2 Å². The van der Waals surface area contributed by atoms with E-state index in [-0.39, 0.29) is 11.6 Å². The summed E-state index contributed by atoms with van der Waals surface area (Å²) < 4.78 is 1.86. The summed E-state index contributed by atoms with van der Waals surface area (Å²) >= 11 is 0. The van der Waals surface area contributed by atoms with Gasteiger partial charge in [0.05, 0.1) is 17.4 Å². The molecule has 0 unspecified atom stereocenters. The number of para-hydroxylation sites is 1. The van der Waals surface area contributed by atoms with Crippen LogP contribution in [0.2, 0.25) is 0 Å². The Balaban J connectivity index is 2.45. The standard InChI is InChI=1S/C17H25N3O/c1-4-6-11-18-13(3)16-19-15-10-8-7-9-14(15)17(21)20(16)12-5-2/h7-10,13,18H,4-6,11-12H2,1-3H3/p+1/t13-/m1/s1. The molecule has 0 spiro atoms. The normalized spacial score (nSPS) is 12.7. The number of fused-ring (bicyclic) bond motifs is 1.